The Labute approximate surface area is 100 Å². The number of imidazole rings is 1. The molecule has 4 nitrogen and oxygen atoms in total. The van der Waals surface area contributed by atoms with E-state index in [1.165, 1.54) is 0 Å². The summed E-state index contributed by atoms with van der Waals surface area (Å²) in [4.78, 5) is 12.8. The lowest BCUT2D eigenvalue weighted by Gasteiger charge is -1.98. The Kier molecular flexibility index (Phi) is 2.18. The summed E-state index contributed by atoms with van der Waals surface area (Å²) in [6.45, 7) is 0. The lowest BCUT2D eigenvalue weighted by atomic mass is 10.3. The van der Waals surface area contributed by atoms with E-state index in [1.54, 1.807) is 18.6 Å². The number of rotatable bonds is 1. The van der Waals surface area contributed by atoms with Crippen LogP contribution in [0.4, 0.5) is 0 Å². The lowest BCUT2D eigenvalue weighted by molar-refractivity contribution is 1.10. The molecule has 0 N–H and O–H groups in total. The first-order chi connectivity index (χ1) is 7.86. The van der Waals surface area contributed by atoms with Crippen molar-refractivity contribution in [2.75, 3.05) is 0 Å². The van der Waals surface area contributed by atoms with Crippen LogP contribution in [0.2, 0.25) is 0 Å². The topological polar surface area (TPSA) is 43.1 Å². The molecule has 5 heteroatoms. The van der Waals surface area contributed by atoms with Crippen LogP contribution in [0.1, 0.15) is 0 Å². The maximum absolute atomic E-state index is 4.44. The zero-order chi connectivity index (χ0) is 11.0. The van der Waals surface area contributed by atoms with Crippen molar-refractivity contribution in [2.45, 2.75) is 0 Å². The summed E-state index contributed by atoms with van der Waals surface area (Å²) in [5, 5.41) is 0. The summed E-state index contributed by atoms with van der Waals surface area (Å²) in [6.07, 6.45) is 7.12. The molecule has 0 radical (unpaired) electrons. The van der Waals surface area contributed by atoms with Crippen molar-refractivity contribution in [3.05, 3.63) is 47.6 Å². The molecular weight excluding hydrogens is 268 g/mol. The third kappa shape index (κ3) is 1.40. The summed E-state index contributed by atoms with van der Waals surface area (Å²) >= 11 is 3.42. The molecule has 3 rings (SSSR count). The van der Waals surface area contributed by atoms with Gasteiger partial charge in [0.1, 0.15) is 10.3 Å². The molecular formula is C11H7BrN4. The molecule has 0 fully saturated rings. The second-order valence-electron chi connectivity index (χ2n) is 3.27. The number of halogens is 1. The first kappa shape index (κ1) is 9.47. The van der Waals surface area contributed by atoms with Crippen molar-refractivity contribution >= 4 is 21.4 Å². The van der Waals surface area contributed by atoms with Crippen molar-refractivity contribution in [2.24, 2.45) is 0 Å². The molecule has 0 amide bonds. The standard InChI is InChI=1S/C11H7BrN4/c12-10-9-7-13-5-6-16(9)11(15-10)8-3-1-2-4-14-8/h1-7H. The quantitative estimate of drug-likeness (QED) is 0.685. The SMILES string of the molecule is Brc1nc(-c2ccccn2)n2ccncc12. The molecule has 0 atom stereocenters. The van der Waals surface area contributed by atoms with E-state index in [0.717, 1.165) is 21.6 Å². The summed E-state index contributed by atoms with van der Waals surface area (Å²) in [5.41, 5.74) is 1.78. The first-order valence-corrected chi connectivity index (χ1v) is 5.54. The van der Waals surface area contributed by atoms with Gasteiger partial charge in [-0.2, -0.15) is 0 Å². The highest BCUT2D eigenvalue weighted by atomic mass is 79.9. The molecule has 0 unspecified atom stereocenters. The largest absolute Gasteiger partial charge is 0.294 e. The third-order valence-corrected chi connectivity index (χ3v) is 2.88. The Balaban J connectivity index is 2.33. The molecule has 0 aliphatic heterocycles. The zero-order valence-electron chi connectivity index (χ0n) is 8.21. The Morgan fingerprint density at radius 2 is 2.12 bits per heavy atom. The van der Waals surface area contributed by atoms with Gasteiger partial charge in [-0.15, -0.1) is 0 Å². The second kappa shape index (κ2) is 3.68. The second-order valence-corrected chi connectivity index (χ2v) is 4.02. The summed E-state index contributed by atoms with van der Waals surface area (Å²) in [5.74, 6) is 0.810. The number of aromatic nitrogens is 4. The van der Waals surface area contributed by atoms with Crippen LogP contribution < -0.4 is 0 Å². The number of fused-ring (bicyclic) bond motifs is 1. The molecule has 0 saturated carbocycles. The molecule has 3 heterocycles. The van der Waals surface area contributed by atoms with Gasteiger partial charge in [-0.3, -0.25) is 14.4 Å². The number of pyridine rings is 1. The lowest BCUT2D eigenvalue weighted by Crippen LogP contribution is -1.91. The fraction of sp³-hybridized carbons (Fsp3) is 0. The fourth-order valence-electron chi connectivity index (χ4n) is 1.58. The highest BCUT2D eigenvalue weighted by Crippen LogP contribution is 2.23. The van der Waals surface area contributed by atoms with Crippen LogP contribution in [-0.4, -0.2) is 19.4 Å². The number of nitrogens with zero attached hydrogens (tertiary/aromatic N) is 4. The van der Waals surface area contributed by atoms with Gasteiger partial charge in [-0.25, -0.2) is 4.98 Å². The van der Waals surface area contributed by atoms with E-state index in [4.69, 9.17) is 0 Å². The van der Waals surface area contributed by atoms with Crippen molar-refractivity contribution in [1.82, 2.24) is 19.4 Å². The normalized spacial score (nSPS) is 10.8. The highest BCUT2D eigenvalue weighted by Gasteiger charge is 2.10. The predicted molar refractivity (Wildman–Crippen MR) is 63.9 cm³/mol. The molecule has 0 aromatic carbocycles. The molecule has 0 spiro atoms. The van der Waals surface area contributed by atoms with Gasteiger partial charge < -0.3 is 0 Å². The van der Waals surface area contributed by atoms with Gasteiger partial charge in [0.25, 0.3) is 0 Å². The first-order valence-electron chi connectivity index (χ1n) is 4.75. The van der Waals surface area contributed by atoms with Gasteiger partial charge >= 0.3 is 0 Å². The van der Waals surface area contributed by atoms with E-state index in [9.17, 15) is 0 Å². The Bertz CT molecular complexity index is 633. The van der Waals surface area contributed by atoms with Crippen LogP contribution in [0.15, 0.2) is 47.6 Å². The van der Waals surface area contributed by atoms with Crippen molar-refractivity contribution in [3.63, 3.8) is 0 Å². The Morgan fingerprint density at radius 1 is 1.19 bits per heavy atom. The van der Waals surface area contributed by atoms with Crippen LogP contribution in [-0.2, 0) is 0 Å². The summed E-state index contributed by atoms with van der Waals surface area (Å²) < 4.78 is 2.74. The minimum absolute atomic E-state index is 0.779. The van der Waals surface area contributed by atoms with Crippen molar-refractivity contribution in [3.8, 4) is 11.5 Å². The van der Waals surface area contributed by atoms with E-state index in [1.807, 2.05) is 28.8 Å². The van der Waals surface area contributed by atoms with Crippen LogP contribution in [0.3, 0.4) is 0 Å². The van der Waals surface area contributed by atoms with Crippen molar-refractivity contribution in [1.29, 1.82) is 0 Å². The minimum Gasteiger partial charge on any atom is -0.294 e. The molecule has 0 bridgehead atoms. The molecule has 0 aliphatic rings. The average molecular weight is 275 g/mol. The maximum Gasteiger partial charge on any atom is 0.164 e. The van der Waals surface area contributed by atoms with Gasteiger partial charge in [0, 0.05) is 18.6 Å². The van der Waals surface area contributed by atoms with Gasteiger partial charge in [-0.05, 0) is 28.1 Å². The highest BCUT2D eigenvalue weighted by molar-refractivity contribution is 9.10. The van der Waals surface area contributed by atoms with E-state index >= 15 is 0 Å². The molecule has 78 valence electrons. The van der Waals surface area contributed by atoms with Crippen LogP contribution in [0, 0.1) is 0 Å². The van der Waals surface area contributed by atoms with Gasteiger partial charge in [0.05, 0.1) is 11.7 Å². The fourth-order valence-corrected chi connectivity index (χ4v) is 2.04. The van der Waals surface area contributed by atoms with E-state index < -0.39 is 0 Å². The Morgan fingerprint density at radius 3 is 2.94 bits per heavy atom. The zero-order valence-corrected chi connectivity index (χ0v) is 9.79. The van der Waals surface area contributed by atoms with E-state index in [-0.39, 0.29) is 0 Å². The van der Waals surface area contributed by atoms with Gasteiger partial charge in [0.15, 0.2) is 5.82 Å². The van der Waals surface area contributed by atoms with Gasteiger partial charge in [0.2, 0.25) is 0 Å². The third-order valence-electron chi connectivity index (χ3n) is 2.30. The number of hydrogen-bond acceptors (Lipinski definition) is 3. The van der Waals surface area contributed by atoms with Crippen molar-refractivity contribution < 1.29 is 0 Å². The maximum atomic E-state index is 4.44. The molecule has 0 saturated heterocycles. The van der Waals surface area contributed by atoms with E-state index in [2.05, 4.69) is 30.9 Å². The Hall–Kier alpha value is -1.75. The van der Waals surface area contributed by atoms with Crippen LogP contribution >= 0.6 is 15.9 Å². The summed E-state index contributed by atoms with van der Waals surface area (Å²) in [6, 6.07) is 5.76. The smallest absolute Gasteiger partial charge is 0.164 e. The molecule has 3 aromatic rings. The number of hydrogen-bond donors (Lipinski definition) is 0. The molecule has 16 heavy (non-hydrogen) atoms. The monoisotopic (exact) mass is 274 g/mol. The van der Waals surface area contributed by atoms with Crippen LogP contribution in [0.5, 0.6) is 0 Å². The average Bonchev–Trinajstić information content (AvgIpc) is 2.69. The summed E-state index contributed by atoms with van der Waals surface area (Å²) in [7, 11) is 0. The predicted octanol–water partition coefficient (Wildman–Crippen LogP) is 2.55. The van der Waals surface area contributed by atoms with E-state index in [0.29, 0.717) is 0 Å². The molecule has 0 aliphatic carbocycles. The minimum atomic E-state index is 0.779. The molecule has 3 aromatic heterocycles. The van der Waals surface area contributed by atoms with Gasteiger partial charge in [-0.1, -0.05) is 6.07 Å². The van der Waals surface area contributed by atoms with Crippen LogP contribution in [0.25, 0.3) is 17.0 Å².